The second-order valence-electron chi connectivity index (χ2n) is 9.45. The molecule has 1 aromatic heterocycles. The lowest BCUT2D eigenvalue weighted by Crippen LogP contribution is -2.34. The average molecular weight is 596 g/mol. The van der Waals surface area contributed by atoms with Crippen LogP contribution in [-0.2, 0) is 0 Å². The highest BCUT2D eigenvalue weighted by molar-refractivity contribution is 6.32. The number of benzene rings is 4. The van der Waals surface area contributed by atoms with Crippen molar-refractivity contribution in [2.45, 2.75) is 12.0 Å². The van der Waals surface area contributed by atoms with Crippen LogP contribution in [0.25, 0.3) is 10.9 Å². The van der Waals surface area contributed by atoms with Crippen molar-refractivity contribution in [3.05, 3.63) is 123 Å². The number of aromatic nitrogens is 1. The van der Waals surface area contributed by atoms with Crippen LogP contribution >= 0.6 is 35.6 Å². The van der Waals surface area contributed by atoms with Crippen molar-refractivity contribution >= 4 is 46.5 Å². The Morgan fingerprint density at radius 2 is 1.48 bits per heavy atom. The van der Waals surface area contributed by atoms with Gasteiger partial charge in [-0.05, 0) is 53.1 Å². The highest BCUT2D eigenvalue weighted by Gasteiger charge is 2.33. The average Bonchev–Trinajstić information content (AvgIpc) is 3.36. The molecule has 0 aliphatic carbocycles. The lowest BCUT2D eigenvalue weighted by molar-refractivity contribution is 0.211. The number of hydrogen-bond donors (Lipinski definition) is 2. The fourth-order valence-electron chi connectivity index (χ4n) is 5.38. The van der Waals surface area contributed by atoms with Crippen molar-refractivity contribution < 1.29 is 14.2 Å². The third-order valence-electron chi connectivity index (χ3n) is 7.18. The summed E-state index contributed by atoms with van der Waals surface area (Å²) in [5.74, 6) is 2.09. The van der Waals surface area contributed by atoms with Crippen molar-refractivity contribution in [1.29, 1.82) is 0 Å². The highest BCUT2D eigenvalue weighted by atomic mass is 35.5. The molecule has 0 saturated carbocycles. The molecule has 206 valence electrons. The SMILES string of the molecule is COc1cc(C2NCC(c3ccccc3Cl)c3c2[nH]c2ccccc32)ccc1OCCOc1ccccc1Cl.Cl. The minimum Gasteiger partial charge on any atom is -0.493 e. The second-order valence-corrected chi connectivity index (χ2v) is 10.3. The van der Waals surface area contributed by atoms with Crippen molar-refractivity contribution in [2.24, 2.45) is 0 Å². The monoisotopic (exact) mass is 594 g/mol. The van der Waals surface area contributed by atoms with Crippen molar-refractivity contribution in [3.63, 3.8) is 0 Å². The first kappa shape index (κ1) is 28.2. The molecular formula is C32H29Cl3N2O3. The Balaban J connectivity index is 0.00000323. The van der Waals surface area contributed by atoms with E-state index in [1.165, 1.54) is 10.9 Å². The Labute approximate surface area is 249 Å². The molecule has 1 aliphatic rings. The molecule has 0 saturated heterocycles. The van der Waals surface area contributed by atoms with Gasteiger partial charge in [-0.2, -0.15) is 0 Å². The van der Waals surface area contributed by atoms with E-state index in [2.05, 4.69) is 46.7 Å². The molecule has 5 nitrogen and oxygen atoms in total. The maximum Gasteiger partial charge on any atom is 0.161 e. The fraction of sp³-hybridized carbons (Fsp3) is 0.188. The zero-order chi connectivity index (χ0) is 26.8. The third kappa shape index (κ3) is 5.48. The number of para-hydroxylation sites is 2. The predicted molar refractivity (Wildman–Crippen MR) is 164 cm³/mol. The molecule has 0 amide bonds. The van der Waals surface area contributed by atoms with E-state index >= 15 is 0 Å². The summed E-state index contributed by atoms with van der Waals surface area (Å²) in [4.78, 5) is 3.69. The highest BCUT2D eigenvalue weighted by Crippen LogP contribution is 2.44. The summed E-state index contributed by atoms with van der Waals surface area (Å²) < 4.78 is 17.5. The number of rotatable bonds is 8. The van der Waals surface area contributed by atoms with Gasteiger partial charge in [0.05, 0.1) is 18.2 Å². The lowest BCUT2D eigenvalue weighted by atomic mass is 9.83. The summed E-state index contributed by atoms with van der Waals surface area (Å²) >= 11 is 12.8. The van der Waals surface area contributed by atoms with Crippen LogP contribution < -0.4 is 19.5 Å². The number of H-pyrrole nitrogens is 1. The van der Waals surface area contributed by atoms with Crippen LogP contribution in [0.3, 0.4) is 0 Å². The molecule has 6 rings (SSSR count). The van der Waals surface area contributed by atoms with Crippen molar-refractivity contribution in [2.75, 3.05) is 26.9 Å². The summed E-state index contributed by atoms with van der Waals surface area (Å²) in [6, 6.07) is 30.0. The normalized spacial score (nSPS) is 16.2. The van der Waals surface area contributed by atoms with Gasteiger partial charge in [-0.1, -0.05) is 77.8 Å². The van der Waals surface area contributed by atoms with Gasteiger partial charge in [0.15, 0.2) is 11.5 Å². The Morgan fingerprint density at radius 1 is 0.775 bits per heavy atom. The molecule has 2 heterocycles. The zero-order valence-electron chi connectivity index (χ0n) is 21.8. The van der Waals surface area contributed by atoms with E-state index in [1.54, 1.807) is 13.2 Å². The topological polar surface area (TPSA) is 55.5 Å². The van der Waals surface area contributed by atoms with E-state index in [-0.39, 0.29) is 24.4 Å². The molecule has 0 fully saturated rings. The number of nitrogens with one attached hydrogen (secondary N) is 2. The molecule has 0 radical (unpaired) electrons. The quantitative estimate of drug-likeness (QED) is 0.178. The maximum absolute atomic E-state index is 6.66. The van der Waals surface area contributed by atoms with Crippen LogP contribution in [0.4, 0.5) is 0 Å². The predicted octanol–water partition coefficient (Wildman–Crippen LogP) is 8.19. The van der Waals surface area contributed by atoms with Crippen LogP contribution in [0.5, 0.6) is 17.2 Å². The van der Waals surface area contributed by atoms with Crippen LogP contribution in [0.15, 0.2) is 91.0 Å². The van der Waals surface area contributed by atoms with Gasteiger partial charge in [-0.25, -0.2) is 0 Å². The Kier molecular flexibility index (Phi) is 8.77. The number of ether oxygens (including phenoxy) is 3. The van der Waals surface area contributed by atoms with Gasteiger partial charge in [0, 0.05) is 34.1 Å². The number of halogens is 3. The van der Waals surface area contributed by atoms with Crippen LogP contribution in [-0.4, -0.2) is 31.9 Å². The molecule has 8 heteroatoms. The number of methoxy groups -OCH3 is 1. The lowest BCUT2D eigenvalue weighted by Gasteiger charge is -2.32. The smallest absolute Gasteiger partial charge is 0.161 e. The van der Waals surface area contributed by atoms with E-state index < -0.39 is 0 Å². The van der Waals surface area contributed by atoms with E-state index in [0.29, 0.717) is 35.5 Å². The third-order valence-corrected chi connectivity index (χ3v) is 7.83. The maximum atomic E-state index is 6.66. The summed E-state index contributed by atoms with van der Waals surface area (Å²) in [5, 5.41) is 6.33. The molecule has 2 atom stereocenters. The molecule has 2 unspecified atom stereocenters. The van der Waals surface area contributed by atoms with Gasteiger partial charge in [-0.3, -0.25) is 0 Å². The van der Waals surface area contributed by atoms with E-state index in [0.717, 1.165) is 33.9 Å². The molecule has 40 heavy (non-hydrogen) atoms. The van der Waals surface area contributed by atoms with Crippen LogP contribution in [0.2, 0.25) is 10.0 Å². The summed E-state index contributed by atoms with van der Waals surface area (Å²) in [6.45, 7) is 1.47. The van der Waals surface area contributed by atoms with Crippen molar-refractivity contribution in [3.8, 4) is 17.2 Å². The minimum absolute atomic E-state index is 0. The standard InChI is InChI=1S/C32H28Cl2N2O3.ClH/c1-37-29-18-20(14-15-28(29)39-17-16-38-27-13-7-5-11-25(27)34)31-32-30(22-9-3-6-12-26(22)36-32)23(19-35-31)21-8-2-4-10-24(21)33;/h2-15,18,23,31,35-36H,16-17,19H2,1H3;1H. The van der Waals surface area contributed by atoms with Crippen molar-refractivity contribution in [1.82, 2.24) is 10.3 Å². The summed E-state index contributed by atoms with van der Waals surface area (Å²) in [5.41, 5.74) is 5.72. The second kappa shape index (κ2) is 12.4. The first-order valence-corrected chi connectivity index (χ1v) is 13.7. The first-order valence-electron chi connectivity index (χ1n) is 12.9. The molecule has 1 aliphatic heterocycles. The molecule has 5 aromatic rings. The largest absolute Gasteiger partial charge is 0.493 e. The Morgan fingerprint density at radius 3 is 2.25 bits per heavy atom. The van der Waals surface area contributed by atoms with Gasteiger partial charge >= 0.3 is 0 Å². The minimum atomic E-state index is -0.0438. The molecule has 0 bridgehead atoms. The van der Waals surface area contributed by atoms with E-state index in [9.17, 15) is 0 Å². The number of aromatic amines is 1. The van der Waals surface area contributed by atoms with Gasteiger partial charge in [0.25, 0.3) is 0 Å². The van der Waals surface area contributed by atoms with Gasteiger partial charge in [0.2, 0.25) is 0 Å². The Bertz CT molecular complexity index is 1620. The summed E-state index contributed by atoms with van der Waals surface area (Å²) in [7, 11) is 1.66. The fourth-order valence-corrected chi connectivity index (χ4v) is 5.84. The van der Waals surface area contributed by atoms with E-state index in [1.807, 2.05) is 48.5 Å². The molecule has 2 N–H and O–H groups in total. The van der Waals surface area contributed by atoms with Crippen LogP contribution in [0.1, 0.15) is 34.3 Å². The Hall–Kier alpha value is -3.35. The van der Waals surface area contributed by atoms with Crippen LogP contribution in [0, 0.1) is 0 Å². The zero-order valence-corrected chi connectivity index (χ0v) is 24.2. The molecular weight excluding hydrogens is 567 g/mol. The number of hydrogen-bond acceptors (Lipinski definition) is 4. The molecule has 4 aromatic carbocycles. The first-order chi connectivity index (χ1) is 19.1. The number of fused-ring (bicyclic) bond motifs is 3. The molecule has 0 spiro atoms. The van der Waals surface area contributed by atoms with Gasteiger partial charge in [-0.15, -0.1) is 12.4 Å². The van der Waals surface area contributed by atoms with Gasteiger partial charge in [0.1, 0.15) is 19.0 Å². The van der Waals surface area contributed by atoms with E-state index in [4.69, 9.17) is 37.4 Å². The summed E-state index contributed by atoms with van der Waals surface area (Å²) in [6.07, 6.45) is 0. The van der Waals surface area contributed by atoms with Gasteiger partial charge < -0.3 is 24.5 Å².